The summed E-state index contributed by atoms with van der Waals surface area (Å²) in [6.07, 6.45) is 0. The molecule has 2 rings (SSSR count). The van der Waals surface area contributed by atoms with E-state index in [1.165, 1.54) is 0 Å². The van der Waals surface area contributed by atoms with Crippen LogP contribution in [0.1, 0.15) is 0 Å². The third-order valence-electron chi connectivity index (χ3n) is 2.15. The second-order valence-corrected chi connectivity index (χ2v) is 3.39. The summed E-state index contributed by atoms with van der Waals surface area (Å²) in [7, 11) is 0. The number of nitrogens with two attached hydrogens (primary N) is 1. The number of nitrogens with zero attached hydrogens (tertiary/aromatic N) is 1. The second kappa shape index (κ2) is 4.44. The molecule has 0 saturated carbocycles. The zero-order chi connectivity index (χ0) is 11.4. The molecule has 0 amide bonds. The van der Waals surface area contributed by atoms with Crippen molar-refractivity contribution >= 4 is 22.7 Å². The maximum Gasteiger partial charge on any atom is 0.108 e. The number of rotatable bonds is 3. The van der Waals surface area contributed by atoms with Crippen LogP contribution in [0, 0.1) is 4.91 Å². The summed E-state index contributed by atoms with van der Waals surface area (Å²) in [5.74, 6) is 0. The quantitative estimate of drug-likeness (QED) is 0.606. The Morgan fingerprint density at radius 2 is 1.75 bits per heavy atom. The molecule has 4 nitrogen and oxygen atoms in total. The Labute approximate surface area is 93.1 Å². The minimum absolute atomic E-state index is 0.415. The van der Waals surface area contributed by atoms with Crippen molar-refractivity contribution in [3.05, 3.63) is 53.4 Å². The molecule has 0 aliphatic rings. The predicted octanol–water partition coefficient (Wildman–Crippen LogP) is 3.41. The zero-order valence-electron chi connectivity index (χ0n) is 8.55. The number of anilines is 3. The smallest absolute Gasteiger partial charge is 0.108 e. The highest BCUT2D eigenvalue weighted by molar-refractivity contribution is 5.64. The molecule has 0 radical (unpaired) electrons. The Bertz CT molecular complexity index is 494. The van der Waals surface area contributed by atoms with Crippen molar-refractivity contribution in [2.45, 2.75) is 0 Å². The van der Waals surface area contributed by atoms with E-state index >= 15 is 0 Å². The van der Waals surface area contributed by atoms with Crippen molar-refractivity contribution in [1.82, 2.24) is 0 Å². The van der Waals surface area contributed by atoms with Crippen molar-refractivity contribution in [2.75, 3.05) is 11.1 Å². The summed E-state index contributed by atoms with van der Waals surface area (Å²) >= 11 is 0. The molecule has 0 spiro atoms. The van der Waals surface area contributed by atoms with E-state index in [2.05, 4.69) is 10.5 Å². The Hall–Kier alpha value is -2.36. The molecule has 0 aliphatic carbocycles. The minimum atomic E-state index is 0.415. The van der Waals surface area contributed by atoms with Crippen molar-refractivity contribution in [1.29, 1.82) is 0 Å². The predicted molar refractivity (Wildman–Crippen MR) is 66.0 cm³/mol. The van der Waals surface area contributed by atoms with Gasteiger partial charge in [0.25, 0.3) is 0 Å². The van der Waals surface area contributed by atoms with Gasteiger partial charge in [0.15, 0.2) is 0 Å². The van der Waals surface area contributed by atoms with E-state index in [4.69, 9.17) is 5.73 Å². The minimum Gasteiger partial charge on any atom is -0.399 e. The highest BCUT2D eigenvalue weighted by Crippen LogP contribution is 2.21. The van der Waals surface area contributed by atoms with Gasteiger partial charge in [0.05, 0.1) is 0 Å². The van der Waals surface area contributed by atoms with Gasteiger partial charge in [-0.1, -0.05) is 6.07 Å². The van der Waals surface area contributed by atoms with Gasteiger partial charge in [0.1, 0.15) is 5.69 Å². The first-order valence-corrected chi connectivity index (χ1v) is 4.84. The number of benzene rings is 2. The van der Waals surface area contributed by atoms with E-state index in [9.17, 15) is 4.91 Å². The molecule has 0 unspecified atom stereocenters. The average molecular weight is 213 g/mol. The van der Waals surface area contributed by atoms with Gasteiger partial charge in [-0.25, -0.2) is 0 Å². The molecule has 2 aromatic rings. The van der Waals surface area contributed by atoms with Crippen LogP contribution in [0.5, 0.6) is 0 Å². The Balaban J connectivity index is 2.17. The van der Waals surface area contributed by atoms with Gasteiger partial charge >= 0.3 is 0 Å². The summed E-state index contributed by atoms with van der Waals surface area (Å²) < 4.78 is 0. The highest BCUT2D eigenvalue weighted by atomic mass is 16.3. The molecule has 0 saturated heterocycles. The number of nitroso groups, excluding NO2 is 1. The van der Waals surface area contributed by atoms with Crippen LogP contribution in [0.3, 0.4) is 0 Å². The fraction of sp³-hybridized carbons (Fsp3) is 0. The molecular weight excluding hydrogens is 202 g/mol. The Morgan fingerprint density at radius 1 is 1.00 bits per heavy atom. The van der Waals surface area contributed by atoms with Crippen molar-refractivity contribution < 1.29 is 0 Å². The molecule has 3 N–H and O–H groups in total. The normalized spacial score (nSPS) is 9.75. The second-order valence-electron chi connectivity index (χ2n) is 3.39. The van der Waals surface area contributed by atoms with E-state index in [1.807, 2.05) is 24.3 Å². The third kappa shape index (κ3) is 2.36. The molecule has 0 heterocycles. The van der Waals surface area contributed by atoms with Gasteiger partial charge in [-0.3, -0.25) is 0 Å². The van der Waals surface area contributed by atoms with Crippen LogP contribution in [0.4, 0.5) is 22.7 Å². The maximum absolute atomic E-state index is 10.2. The van der Waals surface area contributed by atoms with Gasteiger partial charge in [0.2, 0.25) is 0 Å². The van der Waals surface area contributed by atoms with E-state index in [0.29, 0.717) is 11.4 Å². The van der Waals surface area contributed by atoms with Crippen LogP contribution in [-0.4, -0.2) is 0 Å². The first kappa shape index (κ1) is 10.2. The molecule has 2 aromatic carbocycles. The van der Waals surface area contributed by atoms with E-state index in [1.54, 1.807) is 24.3 Å². The summed E-state index contributed by atoms with van der Waals surface area (Å²) in [5, 5.41) is 6.01. The van der Waals surface area contributed by atoms with Crippen molar-refractivity contribution in [3.63, 3.8) is 0 Å². The lowest BCUT2D eigenvalue weighted by Gasteiger charge is -2.06. The molecule has 0 bridgehead atoms. The van der Waals surface area contributed by atoms with Crippen LogP contribution in [0.2, 0.25) is 0 Å². The first-order chi connectivity index (χ1) is 7.78. The number of nitrogens with one attached hydrogen (secondary N) is 1. The van der Waals surface area contributed by atoms with Crippen molar-refractivity contribution in [2.24, 2.45) is 5.18 Å². The molecule has 0 fully saturated rings. The fourth-order valence-corrected chi connectivity index (χ4v) is 1.39. The third-order valence-corrected chi connectivity index (χ3v) is 2.15. The van der Waals surface area contributed by atoms with E-state index in [-0.39, 0.29) is 0 Å². The van der Waals surface area contributed by atoms with Gasteiger partial charge < -0.3 is 11.1 Å². The number of hydrogen-bond acceptors (Lipinski definition) is 4. The highest BCUT2D eigenvalue weighted by Gasteiger charge is 1.96. The molecule has 4 heteroatoms. The summed E-state index contributed by atoms with van der Waals surface area (Å²) in [4.78, 5) is 10.2. The maximum atomic E-state index is 10.2. The number of hydrogen-bond donors (Lipinski definition) is 2. The number of nitrogen functional groups attached to an aromatic ring is 1. The van der Waals surface area contributed by atoms with Gasteiger partial charge in [0, 0.05) is 17.1 Å². The monoisotopic (exact) mass is 213 g/mol. The largest absolute Gasteiger partial charge is 0.399 e. The zero-order valence-corrected chi connectivity index (χ0v) is 8.55. The van der Waals surface area contributed by atoms with Crippen molar-refractivity contribution in [3.8, 4) is 0 Å². The van der Waals surface area contributed by atoms with E-state index in [0.717, 1.165) is 11.4 Å². The standard InChI is InChI=1S/C12H11N3O/c13-9-2-1-3-12(8-9)14-10-4-6-11(15-16)7-5-10/h1-8,14H,13H2. The van der Waals surface area contributed by atoms with Gasteiger partial charge in [-0.2, -0.15) is 0 Å². The van der Waals surface area contributed by atoms with Crippen LogP contribution >= 0.6 is 0 Å². The lowest BCUT2D eigenvalue weighted by molar-refractivity contribution is 1.48. The lowest BCUT2D eigenvalue weighted by Crippen LogP contribution is -1.91. The Morgan fingerprint density at radius 3 is 2.38 bits per heavy atom. The SMILES string of the molecule is Nc1cccc(Nc2ccc(N=O)cc2)c1. The summed E-state index contributed by atoms with van der Waals surface area (Å²) in [6, 6.07) is 14.3. The fourth-order valence-electron chi connectivity index (χ4n) is 1.39. The molecule has 0 atom stereocenters. The Kier molecular flexibility index (Phi) is 2.82. The average Bonchev–Trinajstić information content (AvgIpc) is 2.30. The summed E-state index contributed by atoms with van der Waals surface area (Å²) in [6.45, 7) is 0. The molecule has 80 valence electrons. The molecule has 16 heavy (non-hydrogen) atoms. The van der Waals surface area contributed by atoms with Crippen LogP contribution in [0.15, 0.2) is 53.7 Å². The first-order valence-electron chi connectivity index (χ1n) is 4.84. The van der Waals surface area contributed by atoms with E-state index < -0.39 is 0 Å². The van der Waals surface area contributed by atoms with Gasteiger partial charge in [-0.05, 0) is 47.6 Å². The molecular formula is C12H11N3O. The van der Waals surface area contributed by atoms with Gasteiger partial charge in [-0.15, -0.1) is 4.91 Å². The molecule has 0 aliphatic heterocycles. The van der Waals surface area contributed by atoms with Crippen LogP contribution in [0.25, 0.3) is 0 Å². The summed E-state index contributed by atoms with van der Waals surface area (Å²) in [5.41, 5.74) is 8.58. The topological polar surface area (TPSA) is 67.5 Å². The lowest BCUT2D eigenvalue weighted by atomic mass is 10.2. The van der Waals surface area contributed by atoms with Crippen LogP contribution in [-0.2, 0) is 0 Å². The molecule has 0 aromatic heterocycles. The van der Waals surface area contributed by atoms with Crippen LogP contribution < -0.4 is 11.1 Å².